The van der Waals surface area contributed by atoms with Crippen molar-refractivity contribution in [3.05, 3.63) is 35.9 Å². The third-order valence-electron chi connectivity index (χ3n) is 3.77. The molecule has 0 aliphatic carbocycles. The molecule has 1 saturated heterocycles. The maximum atomic E-state index is 12.3. The Balaban J connectivity index is 1.94. The van der Waals surface area contributed by atoms with Crippen LogP contribution < -0.4 is 0 Å². The van der Waals surface area contributed by atoms with Gasteiger partial charge >= 0.3 is 0 Å². The molecule has 1 aliphatic rings. The second-order valence-electron chi connectivity index (χ2n) is 5.49. The minimum absolute atomic E-state index is 0.0797. The van der Waals surface area contributed by atoms with Gasteiger partial charge in [-0.2, -0.15) is 0 Å². The number of Topliss-reactive ketones (excluding diaryl/α,β-unsaturated/α-hetero) is 1. The third kappa shape index (κ3) is 3.22. The van der Waals surface area contributed by atoms with Crippen molar-refractivity contribution >= 4 is 11.7 Å². The van der Waals surface area contributed by atoms with Crippen molar-refractivity contribution in [1.82, 2.24) is 4.90 Å². The van der Waals surface area contributed by atoms with Gasteiger partial charge in [0.1, 0.15) is 5.78 Å². The van der Waals surface area contributed by atoms with Crippen LogP contribution in [0.2, 0.25) is 0 Å². The molecule has 1 amide bonds. The molecule has 1 aromatic rings. The molecule has 0 bridgehead atoms. The average Bonchev–Trinajstić information content (AvgIpc) is 2.46. The number of rotatable bonds is 3. The summed E-state index contributed by atoms with van der Waals surface area (Å²) >= 11 is 0. The van der Waals surface area contributed by atoms with Crippen molar-refractivity contribution in [2.75, 3.05) is 13.1 Å². The quantitative estimate of drug-likeness (QED) is 0.837. The van der Waals surface area contributed by atoms with Gasteiger partial charge in [-0.1, -0.05) is 32.0 Å². The number of likely N-dealkylation sites (tertiary alicyclic amines) is 1. The molecule has 1 fully saturated rings. The Morgan fingerprint density at radius 2 is 1.68 bits per heavy atom. The standard InChI is InChI=1S/C16H21NO2/c1-12(2)15(18)13-8-10-17(11-9-13)16(19)14-6-4-3-5-7-14/h3-7,12-13H,8-11H2,1-2H3. The molecule has 0 atom stereocenters. The zero-order chi connectivity index (χ0) is 13.8. The lowest BCUT2D eigenvalue weighted by molar-refractivity contribution is -0.127. The molecule has 0 saturated carbocycles. The molecule has 0 unspecified atom stereocenters. The van der Waals surface area contributed by atoms with Gasteiger partial charge in [-0.15, -0.1) is 0 Å². The van der Waals surface area contributed by atoms with Crippen LogP contribution in [-0.4, -0.2) is 29.7 Å². The lowest BCUT2D eigenvalue weighted by Crippen LogP contribution is -2.41. The molecule has 0 radical (unpaired) electrons. The molecule has 1 aliphatic heterocycles. The summed E-state index contributed by atoms with van der Waals surface area (Å²) in [6.07, 6.45) is 1.60. The number of carbonyl (C=O) groups is 2. The minimum Gasteiger partial charge on any atom is -0.339 e. The SMILES string of the molecule is CC(C)C(=O)C1CCN(C(=O)c2ccccc2)CC1. The van der Waals surface area contributed by atoms with E-state index in [1.807, 2.05) is 49.1 Å². The highest BCUT2D eigenvalue weighted by molar-refractivity contribution is 5.94. The summed E-state index contributed by atoms with van der Waals surface area (Å²) in [5.74, 6) is 0.657. The van der Waals surface area contributed by atoms with Crippen molar-refractivity contribution in [2.24, 2.45) is 11.8 Å². The van der Waals surface area contributed by atoms with E-state index in [4.69, 9.17) is 0 Å². The van der Waals surface area contributed by atoms with Crippen molar-refractivity contribution in [3.63, 3.8) is 0 Å². The Hall–Kier alpha value is -1.64. The first kappa shape index (κ1) is 13.8. The van der Waals surface area contributed by atoms with E-state index in [1.54, 1.807) is 0 Å². The highest BCUT2D eigenvalue weighted by Gasteiger charge is 2.28. The molecule has 1 heterocycles. The van der Waals surface area contributed by atoms with Gasteiger partial charge in [-0.05, 0) is 25.0 Å². The van der Waals surface area contributed by atoms with Gasteiger partial charge in [0.05, 0.1) is 0 Å². The lowest BCUT2D eigenvalue weighted by Gasteiger charge is -2.32. The predicted octanol–water partition coefficient (Wildman–Crippen LogP) is 2.76. The summed E-state index contributed by atoms with van der Waals surface area (Å²) in [6, 6.07) is 9.34. The van der Waals surface area contributed by atoms with E-state index >= 15 is 0 Å². The van der Waals surface area contributed by atoms with Crippen molar-refractivity contribution in [3.8, 4) is 0 Å². The van der Waals surface area contributed by atoms with Crippen molar-refractivity contribution < 1.29 is 9.59 Å². The van der Waals surface area contributed by atoms with Crippen LogP contribution in [0.4, 0.5) is 0 Å². The smallest absolute Gasteiger partial charge is 0.253 e. The number of nitrogens with zero attached hydrogens (tertiary/aromatic N) is 1. The highest BCUT2D eigenvalue weighted by atomic mass is 16.2. The molecule has 2 rings (SSSR count). The molecule has 19 heavy (non-hydrogen) atoms. The molecule has 0 aromatic heterocycles. The van der Waals surface area contributed by atoms with Crippen LogP contribution in [0, 0.1) is 11.8 Å². The Bertz CT molecular complexity index is 445. The normalized spacial score (nSPS) is 16.7. The van der Waals surface area contributed by atoms with Crippen LogP contribution in [0.1, 0.15) is 37.0 Å². The Morgan fingerprint density at radius 1 is 1.11 bits per heavy atom. The van der Waals surface area contributed by atoms with E-state index in [0.29, 0.717) is 18.9 Å². The number of carbonyl (C=O) groups excluding carboxylic acids is 2. The minimum atomic E-state index is 0.0797. The van der Waals surface area contributed by atoms with E-state index in [9.17, 15) is 9.59 Å². The number of amides is 1. The van der Waals surface area contributed by atoms with Gasteiger partial charge in [-0.3, -0.25) is 9.59 Å². The maximum absolute atomic E-state index is 12.3. The number of hydrogen-bond acceptors (Lipinski definition) is 2. The number of benzene rings is 1. The summed E-state index contributed by atoms with van der Waals surface area (Å²) in [7, 11) is 0. The van der Waals surface area contributed by atoms with Gasteiger partial charge in [0, 0.05) is 30.5 Å². The summed E-state index contributed by atoms with van der Waals surface area (Å²) in [5, 5.41) is 0. The Morgan fingerprint density at radius 3 is 2.21 bits per heavy atom. The zero-order valence-electron chi connectivity index (χ0n) is 11.6. The molecule has 3 nitrogen and oxygen atoms in total. The Labute approximate surface area is 114 Å². The fourth-order valence-corrected chi connectivity index (χ4v) is 2.60. The third-order valence-corrected chi connectivity index (χ3v) is 3.77. The molecular weight excluding hydrogens is 238 g/mol. The van der Waals surface area contributed by atoms with Crippen molar-refractivity contribution in [2.45, 2.75) is 26.7 Å². The number of piperidine rings is 1. The second kappa shape index (κ2) is 6.00. The number of ketones is 1. The second-order valence-corrected chi connectivity index (χ2v) is 5.49. The monoisotopic (exact) mass is 259 g/mol. The fourth-order valence-electron chi connectivity index (χ4n) is 2.60. The fraction of sp³-hybridized carbons (Fsp3) is 0.500. The molecule has 0 N–H and O–H groups in total. The first-order chi connectivity index (χ1) is 9.09. The average molecular weight is 259 g/mol. The zero-order valence-corrected chi connectivity index (χ0v) is 11.6. The van der Waals surface area contributed by atoms with E-state index in [-0.39, 0.29) is 17.7 Å². The van der Waals surface area contributed by atoms with Gasteiger partial charge in [0.15, 0.2) is 0 Å². The van der Waals surface area contributed by atoms with Crippen LogP contribution in [0.5, 0.6) is 0 Å². The van der Waals surface area contributed by atoms with Gasteiger partial charge in [0.25, 0.3) is 5.91 Å². The first-order valence-electron chi connectivity index (χ1n) is 6.97. The summed E-state index contributed by atoms with van der Waals surface area (Å²) in [5.41, 5.74) is 0.733. The summed E-state index contributed by atoms with van der Waals surface area (Å²) < 4.78 is 0. The molecule has 0 spiro atoms. The van der Waals surface area contributed by atoms with Crippen LogP contribution in [0.15, 0.2) is 30.3 Å². The summed E-state index contributed by atoms with van der Waals surface area (Å²) in [4.78, 5) is 26.1. The van der Waals surface area contributed by atoms with Gasteiger partial charge in [0.2, 0.25) is 0 Å². The molecule has 3 heteroatoms. The van der Waals surface area contributed by atoms with Crippen molar-refractivity contribution in [1.29, 1.82) is 0 Å². The van der Waals surface area contributed by atoms with Crippen LogP contribution in [0.25, 0.3) is 0 Å². The van der Waals surface area contributed by atoms with Crippen LogP contribution in [0.3, 0.4) is 0 Å². The van der Waals surface area contributed by atoms with E-state index in [2.05, 4.69) is 0 Å². The van der Waals surface area contributed by atoms with Crippen LogP contribution >= 0.6 is 0 Å². The van der Waals surface area contributed by atoms with E-state index in [1.165, 1.54) is 0 Å². The lowest BCUT2D eigenvalue weighted by atomic mass is 9.87. The Kier molecular flexibility index (Phi) is 4.35. The van der Waals surface area contributed by atoms with Crippen LogP contribution in [-0.2, 0) is 4.79 Å². The largest absolute Gasteiger partial charge is 0.339 e. The van der Waals surface area contributed by atoms with Gasteiger partial charge in [-0.25, -0.2) is 0 Å². The van der Waals surface area contributed by atoms with Gasteiger partial charge < -0.3 is 4.90 Å². The first-order valence-corrected chi connectivity index (χ1v) is 6.97. The topological polar surface area (TPSA) is 37.4 Å². The predicted molar refractivity (Wildman–Crippen MR) is 74.9 cm³/mol. The highest BCUT2D eigenvalue weighted by Crippen LogP contribution is 2.22. The number of hydrogen-bond donors (Lipinski definition) is 0. The summed E-state index contributed by atoms with van der Waals surface area (Å²) in [6.45, 7) is 5.28. The maximum Gasteiger partial charge on any atom is 0.253 e. The molecule has 1 aromatic carbocycles. The van der Waals surface area contributed by atoms with E-state index in [0.717, 1.165) is 18.4 Å². The molecule has 102 valence electrons. The van der Waals surface area contributed by atoms with E-state index < -0.39 is 0 Å². The molecular formula is C16H21NO2.